The smallest absolute Gasteiger partial charge is 0.121 e. The van der Waals surface area contributed by atoms with Gasteiger partial charge >= 0.3 is 0 Å². The molecule has 1 aliphatic rings. The maximum atomic E-state index is 6.01. The lowest BCUT2D eigenvalue weighted by molar-refractivity contribution is 0.0335. The fraction of sp³-hybridized carbons (Fsp3) is 0.600. The number of halogens is 1. The molecule has 1 saturated heterocycles. The van der Waals surface area contributed by atoms with E-state index in [1.54, 1.807) is 0 Å². The summed E-state index contributed by atoms with van der Waals surface area (Å²) in [5.74, 6) is 1.43. The minimum atomic E-state index is 0.103. The summed E-state index contributed by atoms with van der Waals surface area (Å²) in [5, 5.41) is 4.10. The molecule has 0 saturated carbocycles. The van der Waals surface area contributed by atoms with E-state index in [4.69, 9.17) is 21.1 Å². The molecule has 0 amide bonds. The van der Waals surface area contributed by atoms with E-state index in [1.165, 1.54) is 0 Å². The van der Waals surface area contributed by atoms with Gasteiger partial charge in [-0.2, -0.15) is 0 Å². The Labute approximate surface area is 120 Å². The molecule has 1 aromatic rings. The summed E-state index contributed by atoms with van der Waals surface area (Å²) in [5.41, 5.74) is 0. The van der Waals surface area contributed by atoms with Crippen LogP contribution in [0.1, 0.15) is 19.8 Å². The highest BCUT2D eigenvalue weighted by Crippen LogP contribution is 2.24. The number of hydrogen-bond donors (Lipinski definition) is 1. The molecule has 1 aliphatic heterocycles. The molecule has 1 N–H and O–H groups in total. The molecule has 1 aromatic carbocycles. The first-order valence-corrected chi connectivity index (χ1v) is 7.25. The molecule has 0 aliphatic carbocycles. The summed E-state index contributed by atoms with van der Waals surface area (Å²) in [6, 6.07) is 7.90. The van der Waals surface area contributed by atoms with Crippen molar-refractivity contribution in [1.29, 1.82) is 0 Å². The average Bonchev–Trinajstić information content (AvgIpc) is 2.41. The average molecular weight is 284 g/mol. The lowest BCUT2D eigenvalue weighted by atomic mass is 9.89. The second-order valence-electron chi connectivity index (χ2n) is 5.04. The van der Waals surface area contributed by atoms with Crippen LogP contribution in [0.4, 0.5) is 0 Å². The fourth-order valence-corrected chi connectivity index (χ4v) is 2.94. The molecule has 2 atom stereocenters. The minimum absolute atomic E-state index is 0.103. The number of nitrogens with one attached hydrogen (secondary N) is 1. The molecule has 0 radical (unpaired) electrons. The van der Waals surface area contributed by atoms with Crippen molar-refractivity contribution in [2.24, 2.45) is 5.92 Å². The van der Waals surface area contributed by atoms with Gasteiger partial charge in [0.05, 0.1) is 0 Å². The molecule has 4 heteroatoms. The van der Waals surface area contributed by atoms with Gasteiger partial charge in [-0.05, 0) is 50.9 Å². The summed E-state index contributed by atoms with van der Waals surface area (Å²) >= 11 is 5.98. The van der Waals surface area contributed by atoms with Crippen molar-refractivity contribution in [3.63, 3.8) is 0 Å². The lowest BCUT2D eigenvalue weighted by Gasteiger charge is -2.34. The third-order valence-corrected chi connectivity index (χ3v) is 3.97. The van der Waals surface area contributed by atoms with Crippen molar-refractivity contribution in [3.05, 3.63) is 29.3 Å². The van der Waals surface area contributed by atoms with Gasteiger partial charge < -0.3 is 14.8 Å². The normalized spacial score (nSPS) is 19.9. The second-order valence-corrected chi connectivity index (χ2v) is 5.48. The molecule has 1 heterocycles. The van der Waals surface area contributed by atoms with Crippen molar-refractivity contribution < 1.29 is 9.47 Å². The van der Waals surface area contributed by atoms with Crippen LogP contribution in [0.3, 0.4) is 0 Å². The predicted octanol–water partition coefficient (Wildman–Crippen LogP) is 3.12. The van der Waals surface area contributed by atoms with Crippen LogP contribution in [0, 0.1) is 5.92 Å². The number of likely N-dealkylation sites (N-methyl/N-ethyl adjacent to an activating group) is 1. The van der Waals surface area contributed by atoms with E-state index in [-0.39, 0.29) is 6.10 Å². The maximum absolute atomic E-state index is 6.01. The van der Waals surface area contributed by atoms with Crippen LogP contribution in [0.25, 0.3) is 0 Å². The van der Waals surface area contributed by atoms with Crippen LogP contribution < -0.4 is 10.1 Å². The van der Waals surface area contributed by atoms with Crippen LogP contribution in [0.2, 0.25) is 5.02 Å². The summed E-state index contributed by atoms with van der Waals surface area (Å²) in [6.07, 6.45) is 2.29. The summed E-state index contributed by atoms with van der Waals surface area (Å²) in [4.78, 5) is 0. The molecular formula is C15H22ClNO2. The summed E-state index contributed by atoms with van der Waals surface area (Å²) in [6.45, 7) is 3.82. The third kappa shape index (κ3) is 4.10. The Morgan fingerprint density at radius 3 is 2.74 bits per heavy atom. The topological polar surface area (TPSA) is 30.5 Å². The van der Waals surface area contributed by atoms with Crippen LogP contribution in [0.15, 0.2) is 24.3 Å². The van der Waals surface area contributed by atoms with Crippen LogP contribution in [-0.4, -0.2) is 32.4 Å². The monoisotopic (exact) mass is 283 g/mol. The Kier molecular flexibility index (Phi) is 5.49. The van der Waals surface area contributed by atoms with Crippen LogP contribution in [-0.2, 0) is 4.74 Å². The fourth-order valence-electron chi connectivity index (χ4n) is 2.76. The molecule has 19 heavy (non-hydrogen) atoms. The molecule has 2 rings (SSSR count). The van der Waals surface area contributed by atoms with E-state index in [9.17, 15) is 0 Å². The standard InChI is InChI=1S/C15H22ClNO2/c1-11(19-14-5-3-4-13(16)10-14)15(17-2)12-6-8-18-9-7-12/h3-5,10-12,15,17H,6-9H2,1-2H3. The van der Waals surface area contributed by atoms with Crippen LogP contribution >= 0.6 is 11.6 Å². The van der Waals surface area contributed by atoms with Crippen molar-refractivity contribution in [3.8, 4) is 5.75 Å². The van der Waals surface area contributed by atoms with Crippen molar-refractivity contribution in [2.45, 2.75) is 31.9 Å². The van der Waals surface area contributed by atoms with Gasteiger partial charge in [-0.25, -0.2) is 0 Å². The quantitative estimate of drug-likeness (QED) is 0.901. The largest absolute Gasteiger partial charge is 0.489 e. The SMILES string of the molecule is CNC(C1CCOCC1)C(C)Oc1cccc(Cl)c1. The maximum Gasteiger partial charge on any atom is 0.121 e. The first-order chi connectivity index (χ1) is 9.20. The van der Waals surface area contributed by atoms with Gasteiger partial charge in [0.2, 0.25) is 0 Å². The highest BCUT2D eigenvalue weighted by atomic mass is 35.5. The zero-order valence-electron chi connectivity index (χ0n) is 11.6. The van der Waals surface area contributed by atoms with E-state index >= 15 is 0 Å². The van der Waals surface area contributed by atoms with E-state index in [2.05, 4.69) is 12.2 Å². The van der Waals surface area contributed by atoms with E-state index in [0.29, 0.717) is 17.0 Å². The number of benzene rings is 1. The zero-order chi connectivity index (χ0) is 13.7. The van der Waals surface area contributed by atoms with Gasteiger partial charge in [-0.15, -0.1) is 0 Å². The minimum Gasteiger partial charge on any atom is -0.489 e. The molecular weight excluding hydrogens is 262 g/mol. The number of ether oxygens (including phenoxy) is 2. The molecule has 1 fully saturated rings. The van der Waals surface area contributed by atoms with Gasteiger partial charge in [0.25, 0.3) is 0 Å². The Hall–Kier alpha value is -0.770. The number of hydrogen-bond acceptors (Lipinski definition) is 3. The summed E-state index contributed by atoms with van der Waals surface area (Å²) in [7, 11) is 2.00. The first kappa shape index (κ1) is 14.6. The van der Waals surface area contributed by atoms with E-state index in [0.717, 1.165) is 31.8 Å². The van der Waals surface area contributed by atoms with Crippen LogP contribution in [0.5, 0.6) is 5.75 Å². The Balaban J connectivity index is 1.97. The van der Waals surface area contributed by atoms with E-state index in [1.807, 2.05) is 31.3 Å². The molecule has 0 bridgehead atoms. The predicted molar refractivity (Wildman–Crippen MR) is 77.9 cm³/mol. The Morgan fingerprint density at radius 1 is 1.37 bits per heavy atom. The molecule has 0 aromatic heterocycles. The van der Waals surface area contributed by atoms with Gasteiger partial charge in [0, 0.05) is 24.3 Å². The number of rotatable bonds is 5. The second kappa shape index (κ2) is 7.13. The van der Waals surface area contributed by atoms with Gasteiger partial charge in [-0.3, -0.25) is 0 Å². The third-order valence-electron chi connectivity index (χ3n) is 3.73. The highest BCUT2D eigenvalue weighted by molar-refractivity contribution is 6.30. The molecule has 106 valence electrons. The Morgan fingerprint density at radius 2 is 2.11 bits per heavy atom. The van der Waals surface area contributed by atoms with Crippen molar-refractivity contribution >= 4 is 11.6 Å². The molecule has 2 unspecified atom stereocenters. The van der Waals surface area contributed by atoms with Gasteiger partial charge in [-0.1, -0.05) is 17.7 Å². The van der Waals surface area contributed by atoms with E-state index < -0.39 is 0 Å². The Bertz CT molecular complexity index is 393. The summed E-state index contributed by atoms with van der Waals surface area (Å²) < 4.78 is 11.4. The molecule has 0 spiro atoms. The lowest BCUT2D eigenvalue weighted by Crippen LogP contribution is -2.46. The van der Waals surface area contributed by atoms with Gasteiger partial charge in [0.1, 0.15) is 11.9 Å². The highest BCUT2D eigenvalue weighted by Gasteiger charge is 2.28. The first-order valence-electron chi connectivity index (χ1n) is 6.88. The van der Waals surface area contributed by atoms with Gasteiger partial charge in [0.15, 0.2) is 0 Å². The van der Waals surface area contributed by atoms with Crippen molar-refractivity contribution in [2.75, 3.05) is 20.3 Å². The molecule has 3 nitrogen and oxygen atoms in total. The zero-order valence-corrected chi connectivity index (χ0v) is 12.3. The van der Waals surface area contributed by atoms with Crippen molar-refractivity contribution in [1.82, 2.24) is 5.32 Å².